The van der Waals surface area contributed by atoms with Gasteiger partial charge in [-0.05, 0) is 25.0 Å². The van der Waals surface area contributed by atoms with Gasteiger partial charge in [0.2, 0.25) is 5.91 Å². The second-order valence-corrected chi connectivity index (χ2v) is 5.03. The number of hydrogen-bond donors (Lipinski definition) is 1. The fourth-order valence-electron chi connectivity index (χ4n) is 2.13. The van der Waals surface area contributed by atoms with E-state index >= 15 is 0 Å². The van der Waals surface area contributed by atoms with Crippen LogP contribution in [0.5, 0.6) is 0 Å². The van der Waals surface area contributed by atoms with E-state index in [0.29, 0.717) is 26.2 Å². The summed E-state index contributed by atoms with van der Waals surface area (Å²) in [7, 11) is 1.64. The average molecular weight is 263 g/mol. The number of methoxy groups -OCH3 is 1. The van der Waals surface area contributed by atoms with E-state index in [9.17, 15) is 4.79 Å². The first kappa shape index (κ1) is 14.0. The van der Waals surface area contributed by atoms with Gasteiger partial charge in [-0.3, -0.25) is 9.78 Å². The van der Waals surface area contributed by atoms with Crippen molar-refractivity contribution in [1.29, 1.82) is 0 Å². The van der Waals surface area contributed by atoms with Crippen molar-refractivity contribution >= 4 is 5.91 Å². The number of aromatic nitrogens is 1. The molecule has 0 saturated heterocycles. The van der Waals surface area contributed by atoms with Crippen LogP contribution in [0.4, 0.5) is 0 Å². The molecule has 1 saturated carbocycles. The topological polar surface area (TPSA) is 68.5 Å². The molecule has 1 heterocycles. The minimum atomic E-state index is -0.317. The lowest BCUT2D eigenvalue weighted by Gasteiger charge is -2.26. The van der Waals surface area contributed by atoms with E-state index in [2.05, 4.69) is 4.98 Å². The predicted molar refractivity (Wildman–Crippen MR) is 72.3 cm³/mol. The molecular formula is C14H21N3O2. The zero-order valence-electron chi connectivity index (χ0n) is 11.3. The van der Waals surface area contributed by atoms with E-state index in [0.717, 1.165) is 18.5 Å². The molecule has 0 bridgehead atoms. The van der Waals surface area contributed by atoms with Crippen molar-refractivity contribution in [3.8, 4) is 0 Å². The lowest BCUT2D eigenvalue weighted by atomic mass is 10.1. The summed E-state index contributed by atoms with van der Waals surface area (Å²) in [5, 5.41) is 0. The van der Waals surface area contributed by atoms with Crippen LogP contribution in [0.1, 0.15) is 18.5 Å². The monoisotopic (exact) mass is 263 g/mol. The van der Waals surface area contributed by atoms with Gasteiger partial charge >= 0.3 is 0 Å². The molecule has 0 unspecified atom stereocenters. The first-order valence-electron chi connectivity index (χ1n) is 6.60. The highest BCUT2D eigenvalue weighted by Crippen LogP contribution is 2.46. The minimum Gasteiger partial charge on any atom is -0.383 e. The number of pyridine rings is 1. The fraction of sp³-hybridized carbons (Fsp3) is 0.571. The molecule has 1 fully saturated rings. The highest BCUT2D eigenvalue weighted by atomic mass is 16.5. The normalized spacial score (nSPS) is 16.1. The molecule has 1 aromatic rings. The van der Waals surface area contributed by atoms with E-state index in [1.54, 1.807) is 13.3 Å². The SMILES string of the molecule is COCCN(Cc1ccccn1)C(=O)C1(CN)CC1. The van der Waals surface area contributed by atoms with Crippen molar-refractivity contribution in [2.24, 2.45) is 11.1 Å². The largest absolute Gasteiger partial charge is 0.383 e. The molecule has 1 amide bonds. The lowest BCUT2D eigenvalue weighted by molar-refractivity contribution is -0.138. The number of nitrogens with zero attached hydrogens (tertiary/aromatic N) is 2. The Hall–Kier alpha value is -1.46. The van der Waals surface area contributed by atoms with Gasteiger partial charge in [-0.2, -0.15) is 0 Å². The molecule has 0 spiro atoms. The summed E-state index contributed by atoms with van der Waals surface area (Å²) in [5.74, 6) is 0.137. The number of carbonyl (C=O) groups is 1. The zero-order chi connectivity index (χ0) is 13.7. The summed E-state index contributed by atoms with van der Waals surface area (Å²) < 4.78 is 5.08. The molecule has 0 aromatic carbocycles. The van der Waals surface area contributed by atoms with Crippen molar-refractivity contribution < 1.29 is 9.53 Å². The van der Waals surface area contributed by atoms with Gasteiger partial charge in [0, 0.05) is 26.4 Å². The van der Waals surface area contributed by atoms with Gasteiger partial charge in [0.15, 0.2) is 0 Å². The maximum absolute atomic E-state index is 12.5. The molecule has 1 aliphatic rings. The van der Waals surface area contributed by atoms with Gasteiger partial charge in [-0.15, -0.1) is 0 Å². The highest BCUT2D eigenvalue weighted by Gasteiger charge is 2.50. The van der Waals surface area contributed by atoms with Crippen LogP contribution in [0.2, 0.25) is 0 Å². The predicted octanol–water partition coefficient (Wildman–Crippen LogP) is 0.795. The molecule has 5 heteroatoms. The third kappa shape index (κ3) is 3.30. The van der Waals surface area contributed by atoms with E-state index in [4.69, 9.17) is 10.5 Å². The number of rotatable bonds is 7. The van der Waals surface area contributed by atoms with Crippen LogP contribution in [-0.4, -0.2) is 42.6 Å². The summed E-state index contributed by atoms with van der Waals surface area (Å²) >= 11 is 0. The van der Waals surface area contributed by atoms with Gasteiger partial charge in [0.05, 0.1) is 24.3 Å². The van der Waals surface area contributed by atoms with Gasteiger partial charge in [-0.25, -0.2) is 0 Å². The minimum absolute atomic E-state index is 0.137. The van der Waals surface area contributed by atoms with Gasteiger partial charge in [0.1, 0.15) is 0 Å². The van der Waals surface area contributed by atoms with Crippen molar-refractivity contribution in [1.82, 2.24) is 9.88 Å². The highest BCUT2D eigenvalue weighted by molar-refractivity contribution is 5.85. The molecule has 2 N–H and O–H groups in total. The Labute approximate surface area is 113 Å². The first-order valence-corrected chi connectivity index (χ1v) is 6.60. The van der Waals surface area contributed by atoms with Crippen molar-refractivity contribution in [3.05, 3.63) is 30.1 Å². The molecule has 1 aromatic heterocycles. The quantitative estimate of drug-likeness (QED) is 0.790. The number of ether oxygens (including phenoxy) is 1. The maximum Gasteiger partial charge on any atom is 0.230 e. The average Bonchev–Trinajstić information content (AvgIpc) is 3.25. The van der Waals surface area contributed by atoms with E-state index in [1.165, 1.54) is 0 Å². The van der Waals surface area contributed by atoms with Gasteiger partial charge in [-0.1, -0.05) is 6.07 Å². The van der Waals surface area contributed by atoms with Crippen LogP contribution in [0.3, 0.4) is 0 Å². The summed E-state index contributed by atoms with van der Waals surface area (Å²) in [5.41, 5.74) is 6.31. The third-order valence-corrected chi connectivity index (χ3v) is 3.63. The molecular weight excluding hydrogens is 242 g/mol. The summed E-state index contributed by atoms with van der Waals surface area (Å²) in [6.45, 7) is 2.05. The van der Waals surface area contributed by atoms with Crippen LogP contribution in [-0.2, 0) is 16.1 Å². The van der Waals surface area contributed by atoms with Crippen LogP contribution in [0, 0.1) is 5.41 Å². The molecule has 5 nitrogen and oxygen atoms in total. The summed E-state index contributed by atoms with van der Waals surface area (Å²) in [6.07, 6.45) is 3.53. The van der Waals surface area contributed by atoms with Crippen LogP contribution in [0.15, 0.2) is 24.4 Å². The van der Waals surface area contributed by atoms with Gasteiger partial charge in [0.25, 0.3) is 0 Å². The van der Waals surface area contributed by atoms with Crippen molar-refractivity contribution in [2.75, 3.05) is 26.8 Å². The maximum atomic E-state index is 12.5. The molecule has 19 heavy (non-hydrogen) atoms. The van der Waals surface area contributed by atoms with E-state index in [1.807, 2.05) is 23.1 Å². The Morgan fingerprint density at radius 3 is 2.84 bits per heavy atom. The summed E-state index contributed by atoms with van der Waals surface area (Å²) in [4.78, 5) is 18.6. The van der Waals surface area contributed by atoms with E-state index < -0.39 is 0 Å². The second-order valence-electron chi connectivity index (χ2n) is 5.03. The lowest BCUT2D eigenvalue weighted by Crippen LogP contribution is -2.41. The zero-order valence-corrected chi connectivity index (χ0v) is 11.3. The number of amides is 1. The number of nitrogens with two attached hydrogens (primary N) is 1. The summed E-state index contributed by atoms with van der Waals surface area (Å²) in [6, 6.07) is 5.72. The van der Waals surface area contributed by atoms with Crippen molar-refractivity contribution in [2.45, 2.75) is 19.4 Å². The molecule has 1 aliphatic carbocycles. The second kappa shape index (κ2) is 6.12. The molecule has 0 aliphatic heterocycles. The Bertz CT molecular complexity index is 418. The van der Waals surface area contributed by atoms with Crippen LogP contribution >= 0.6 is 0 Å². The Morgan fingerprint density at radius 1 is 1.53 bits per heavy atom. The van der Waals surface area contributed by atoms with E-state index in [-0.39, 0.29) is 11.3 Å². The molecule has 2 rings (SSSR count). The van der Waals surface area contributed by atoms with Gasteiger partial charge < -0.3 is 15.4 Å². The molecule has 0 radical (unpaired) electrons. The standard InChI is InChI=1S/C14H21N3O2/c1-19-9-8-17(10-12-4-2-3-7-16-12)13(18)14(11-15)5-6-14/h2-4,7H,5-6,8-11,15H2,1H3. The smallest absolute Gasteiger partial charge is 0.230 e. The molecule has 104 valence electrons. The van der Waals surface area contributed by atoms with Crippen LogP contribution < -0.4 is 5.73 Å². The first-order chi connectivity index (χ1) is 9.22. The third-order valence-electron chi connectivity index (χ3n) is 3.63. The number of hydrogen-bond acceptors (Lipinski definition) is 4. The Balaban J connectivity index is 2.05. The number of carbonyl (C=O) groups excluding carboxylic acids is 1. The molecule has 0 atom stereocenters. The Kier molecular flexibility index (Phi) is 4.50. The Morgan fingerprint density at radius 2 is 2.32 bits per heavy atom. The van der Waals surface area contributed by atoms with Crippen LogP contribution in [0.25, 0.3) is 0 Å². The van der Waals surface area contributed by atoms with Crippen molar-refractivity contribution in [3.63, 3.8) is 0 Å². The fourth-order valence-corrected chi connectivity index (χ4v) is 2.13.